The first kappa shape index (κ1) is 13.8. The van der Waals surface area contributed by atoms with Gasteiger partial charge >= 0.3 is 12.2 Å². The van der Waals surface area contributed by atoms with Crippen LogP contribution in [0.1, 0.15) is 12.5 Å². The Morgan fingerprint density at radius 1 is 1.33 bits per heavy atom. The van der Waals surface area contributed by atoms with Crippen LogP contribution in [0.15, 0.2) is 30.3 Å². The third-order valence-corrected chi connectivity index (χ3v) is 2.05. The van der Waals surface area contributed by atoms with E-state index in [4.69, 9.17) is 10.5 Å². The van der Waals surface area contributed by atoms with Crippen molar-refractivity contribution in [1.82, 2.24) is 5.32 Å². The molecule has 0 radical (unpaired) electrons. The van der Waals surface area contributed by atoms with E-state index in [9.17, 15) is 9.59 Å². The normalized spacial score (nSPS) is 11.4. The number of ether oxygens (including phenoxy) is 2. The average Bonchev–Trinajstić information content (AvgIpc) is 2.34. The van der Waals surface area contributed by atoms with E-state index < -0.39 is 18.3 Å². The lowest BCUT2D eigenvalue weighted by atomic mass is 10.2. The molecule has 0 heterocycles. The maximum Gasteiger partial charge on any atom is 0.407 e. The predicted octanol–water partition coefficient (Wildman–Crippen LogP) is 1.40. The molecule has 98 valence electrons. The summed E-state index contributed by atoms with van der Waals surface area (Å²) in [5.41, 5.74) is 5.79. The molecule has 1 atom stereocenters. The average molecular weight is 252 g/mol. The number of carbonyl (C=O) groups is 2. The van der Waals surface area contributed by atoms with E-state index in [-0.39, 0.29) is 6.61 Å². The maximum atomic E-state index is 11.3. The van der Waals surface area contributed by atoms with Gasteiger partial charge in [0.05, 0.1) is 0 Å². The molecule has 0 unspecified atom stereocenters. The summed E-state index contributed by atoms with van der Waals surface area (Å²) in [6.07, 6.45) is -2.03. The molecule has 0 aromatic heterocycles. The van der Waals surface area contributed by atoms with Crippen LogP contribution < -0.4 is 11.1 Å². The number of amides is 2. The van der Waals surface area contributed by atoms with Crippen molar-refractivity contribution < 1.29 is 19.1 Å². The molecule has 0 aliphatic carbocycles. The largest absolute Gasteiger partial charge is 0.446 e. The van der Waals surface area contributed by atoms with Gasteiger partial charge in [0.2, 0.25) is 0 Å². The Bertz CT molecular complexity index is 394. The smallest absolute Gasteiger partial charge is 0.407 e. The van der Waals surface area contributed by atoms with E-state index in [0.717, 1.165) is 5.56 Å². The van der Waals surface area contributed by atoms with Crippen molar-refractivity contribution >= 4 is 12.2 Å². The molecule has 0 bridgehead atoms. The SMILES string of the molecule is C[C@@H](COC(=O)NCc1ccccc1)OC(N)=O. The van der Waals surface area contributed by atoms with E-state index in [1.807, 2.05) is 30.3 Å². The Morgan fingerprint density at radius 2 is 2.00 bits per heavy atom. The lowest BCUT2D eigenvalue weighted by Crippen LogP contribution is -2.29. The fraction of sp³-hybridized carbons (Fsp3) is 0.333. The van der Waals surface area contributed by atoms with Crippen molar-refractivity contribution in [3.8, 4) is 0 Å². The summed E-state index contributed by atoms with van der Waals surface area (Å²) in [4.78, 5) is 21.7. The highest BCUT2D eigenvalue weighted by atomic mass is 16.6. The number of carbonyl (C=O) groups excluding carboxylic acids is 2. The Kier molecular flexibility index (Phi) is 5.50. The summed E-state index contributed by atoms with van der Waals surface area (Å²) in [6.45, 7) is 1.92. The first-order valence-electron chi connectivity index (χ1n) is 5.48. The highest BCUT2D eigenvalue weighted by Gasteiger charge is 2.09. The van der Waals surface area contributed by atoms with Crippen LogP contribution in [-0.2, 0) is 16.0 Å². The quantitative estimate of drug-likeness (QED) is 0.828. The van der Waals surface area contributed by atoms with E-state index in [1.165, 1.54) is 0 Å². The third kappa shape index (κ3) is 5.74. The molecule has 1 aromatic rings. The van der Waals surface area contributed by atoms with Crippen LogP contribution in [-0.4, -0.2) is 24.9 Å². The zero-order chi connectivity index (χ0) is 13.4. The van der Waals surface area contributed by atoms with Crippen molar-refractivity contribution in [1.29, 1.82) is 0 Å². The fourth-order valence-corrected chi connectivity index (χ4v) is 1.25. The molecule has 3 N–H and O–H groups in total. The first-order valence-corrected chi connectivity index (χ1v) is 5.48. The van der Waals surface area contributed by atoms with Crippen LogP contribution in [0.2, 0.25) is 0 Å². The second kappa shape index (κ2) is 7.16. The molecular formula is C12H16N2O4. The Morgan fingerprint density at radius 3 is 2.61 bits per heavy atom. The monoisotopic (exact) mass is 252 g/mol. The molecule has 0 saturated carbocycles. The second-order valence-corrected chi connectivity index (χ2v) is 3.69. The molecule has 1 rings (SSSR count). The summed E-state index contributed by atoms with van der Waals surface area (Å²) < 4.78 is 9.44. The maximum absolute atomic E-state index is 11.3. The van der Waals surface area contributed by atoms with Crippen LogP contribution in [0.3, 0.4) is 0 Å². The Hall–Kier alpha value is -2.24. The Labute approximate surface area is 105 Å². The summed E-state index contributed by atoms with van der Waals surface area (Å²) in [5.74, 6) is 0. The van der Waals surface area contributed by atoms with Crippen LogP contribution in [0.25, 0.3) is 0 Å². The fourth-order valence-electron chi connectivity index (χ4n) is 1.25. The van der Waals surface area contributed by atoms with Gasteiger partial charge in [-0.2, -0.15) is 0 Å². The van der Waals surface area contributed by atoms with Gasteiger partial charge in [-0.1, -0.05) is 30.3 Å². The summed E-state index contributed by atoms with van der Waals surface area (Å²) in [7, 11) is 0. The van der Waals surface area contributed by atoms with E-state index >= 15 is 0 Å². The van der Waals surface area contributed by atoms with Crippen molar-refractivity contribution in [2.45, 2.75) is 19.6 Å². The molecule has 0 spiro atoms. The highest BCUT2D eigenvalue weighted by Crippen LogP contribution is 1.98. The van der Waals surface area contributed by atoms with Crippen molar-refractivity contribution in [2.24, 2.45) is 5.73 Å². The van der Waals surface area contributed by atoms with E-state index in [2.05, 4.69) is 10.1 Å². The number of benzene rings is 1. The highest BCUT2D eigenvalue weighted by molar-refractivity contribution is 5.67. The summed E-state index contributed by atoms with van der Waals surface area (Å²) in [6, 6.07) is 9.43. The minimum Gasteiger partial charge on any atom is -0.446 e. The minimum absolute atomic E-state index is 0.0381. The molecule has 1 aromatic carbocycles. The number of rotatable bonds is 5. The molecule has 6 nitrogen and oxygen atoms in total. The first-order chi connectivity index (χ1) is 8.58. The molecular weight excluding hydrogens is 236 g/mol. The molecule has 0 aliphatic heterocycles. The second-order valence-electron chi connectivity index (χ2n) is 3.69. The summed E-state index contributed by atoms with van der Waals surface area (Å²) >= 11 is 0. The van der Waals surface area contributed by atoms with Crippen molar-refractivity contribution in [2.75, 3.05) is 6.61 Å². The molecule has 18 heavy (non-hydrogen) atoms. The van der Waals surface area contributed by atoms with Crippen LogP contribution in [0.5, 0.6) is 0 Å². The van der Waals surface area contributed by atoms with E-state index in [1.54, 1.807) is 6.92 Å². The van der Waals surface area contributed by atoms with Crippen LogP contribution in [0.4, 0.5) is 9.59 Å². The number of nitrogens with one attached hydrogen (secondary N) is 1. The zero-order valence-corrected chi connectivity index (χ0v) is 10.1. The minimum atomic E-state index is -0.893. The lowest BCUT2D eigenvalue weighted by Gasteiger charge is -2.12. The molecule has 6 heteroatoms. The van der Waals surface area contributed by atoms with Crippen LogP contribution >= 0.6 is 0 Å². The Balaban J connectivity index is 2.20. The van der Waals surface area contributed by atoms with Gasteiger partial charge in [-0.25, -0.2) is 9.59 Å². The van der Waals surface area contributed by atoms with Crippen molar-refractivity contribution in [3.05, 3.63) is 35.9 Å². The van der Waals surface area contributed by atoms with Gasteiger partial charge in [-0.15, -0.1) is 0 Å². The third-order valence-electron chi connectivity index (χ3n) is 2.05. The number of hydrogen-bond acceptors (Lipinski definition) is 4. The van der Waals surface area contributed by atoms with Crippen molar-refractivity contribution in [3.63, 3.8) is 0 Å². The van der Waals surface area contributed by atoms with Gasteiger partial charge in [-0.3, -0.25) is 0 Å². The van der Waals surface area contributed by atoms with Gasteiger partial charge in [0.25, 0.3) is 0 Å². The van der Waals surface area contributed by atoms with Gasteiger partial charge in [0, 0.05) is 6.54 Å². The standard InChI is InChI=1S/C12H16N2O4/c1-9(18-11(13)15)8-17-12(16)14-7-10-5-3-2-4-6-10/h2-6,9H,7-8H2,1H3,(H2,13,15)(H,14,16)/t9-/m0/s1. The van der Waals surface area contributed by atoms with Gasteiger partial charge < -0.3 is 20.5 Å². The molecule has 2 amide bonds. The number of alkyl carbamates (subject to hydrolysis) is 1. The molecule has 0 aliphatic rings. The number of nitrogens with two attached hydrogens (primary N) is 1. The summed E-state index contributed by atoms with van der Waals surface area (Å²) in [5, 5.41) is 2.57. The van der Waals surface area contributed by atoms with E-state index in [0.29, 0.717) is 6.54 Å². The van der Waals surface area contributed by atoms with Gasteiger partial charge in [-0.05, 0) is 12.5 Å². The van der Waals surface area contributed by atoms with Gasteiger partial charge in [0.15, 0.2) is 0 Å². The zero-order valence-electron chi connectivity index (χ0n) is 10.1. The predicted molar refractivity (Wildman–Crippen MR) is 64.8 cm³/mol. The van der Waals surface area contributed by atoms with Crippen LogP contribution in [0, 0.1) is 0 Å². The molecule has 0 saturated heterocycles. The molecule has 0 fully saturated rings. The lowest BCUT2D eigenvalue weighted by molar-refractivity contribution is 0.0576. The topological polar surface area (TPSA) is 90.7 Å². The number of primary amides is 1. The number of hydrogen-bond donors (Lipinski definition) is 2. The van der Waals surface area contributed by atoms with Gasteiger partial charge in [0.1, 0.15) is 12.7 Å².